The van der Waals surface area contributed by atoms with Gasteiger partial charge in [-0.15, -0.1) is 0 Å². The summed E-state index contributed by atoms with van der Waals surface area (Å²) in [6.07, 6.45) is 4.51. The van der Waals surface area contributed by atoms with Crippen LogP contribution in [0.25, 0.3) is 0 Å². The Labute approximate surface area is 125 Å². The van der Waals surface area contributed by atoms with E-state index in [1.54, 1.807) is 6.20 Å². The van der Waals surface area contributed by atoms with E-state index in [0.717, 1.165) is 38.0 Å². The molecular weight excluding hydrogens is 266 g/mol. The van der Waals surface area contributed by atoms with Crippen molar-refractivity contribution >= 4 is 5.91 Å². The highest BCUT2D eigenvalue weighted by molar-refractivity contribution is 5.81. The molecule has 1 amide bonds. The molecule has 0 spiro atoms. The van der Waals surface area contributed by atoms with Crippen LogP contribution in [0.4, 0.5) is 0 Å². The van der Waals surface area contributed by atoms with Gasteiger partial charge in [0, 0.05) is 31.4 Å². The van der Waals surface area contributed by atoms with Crippen molar-refractivity contribution in [1.29, 1.82) is 0 Å². The number of pyridine rings is 1. The van der Waals surface area contributed by atoms with Crippen LogP contribution in [0.5, 0.6) is 0 Å². The second kappa shape index (κ2) is 6.54. The molecule has 21 heavy (non-hydrogen) atoms. The molecule has 5 heteroatoms. The third kappa shape index (κ3) is 3.60. The molecule has 0 radical (unpaired) electrons. The van der Waals surface area contributed by atoms with Gasteiger partial charge >= 0.3 is 0 Å². The molecule has 2 aliphatic heterocycles. The smallest absolute Gasteiger partial charge is 0.249 e. The molecule has 0 aromatic carbocycles. The molecule has 1 aromatic heterocycles. The van der Waals surface area contributed by atoms with Crippen LogP contribution in [-0.2, 0) is 16.0 Å². The number of likely N-dealkylation sites (N-methyl/N-ethyl adjacent to an activating group) is 1. The van der Waals surface area contributed by atoms with Crippen molar-refractivity contribution in [3.05, 3.63) is 30.1 Å². The minimum atomic E-state index is -0.268. The van der Waals surface area contributed by atoms with Gasteiger partial charge in [0.2, 0.25) is 5.91 Å². The van der Waals surface area contributed by atoms with Gasteiger partial charge in [0.1, 0.15) is 6.10 Å². The summed E-state index contributed by atoms with van der Waals surface area (Å²) >= 11 is 0. The van der Waals surface area contributed by atoms with E-state index in [0.29, 0.717) is 12.5 Å². The zero-order valence-corrected chi connectivity index (χ0v) is 12.5. The van der Waals surface area contributed by atoms with Gasteiger partial charge in [-0.2, -0.15) is 0 Å². The fourth-order valence-electron chi connectivity index (χ4n) is 3.23. The second-order valence-corrected chi connectivity index (χ2v) is 6.07. The van der Waals surface area contributed by atoms with Crippen LogP contribution >= 0.6 is 0 Å². The summed E-state index contributed by atoms with van der Waals surface area (Å²) in [5.74, 6) is 0.579. The number of fused-ring (bicyclic) bond motifs is 1. The number of hydrogen-bond acceptors (Lipinski definition) is 4. The number of hydrogen-bond donors (Lipinski definition) is 1. The third-order valence-electron chi connectivity index (χ3n) is 4.45. The van der Waals surface area contributed by atoms with Gasteiger partial charge in [0.05, 0.1) is 6.10 Å². The summed E-state index contributed by atoms with van der Waals surface area (Å²) in [5.41, 5.74) is 1.00. The van der Waals surface area contributed by atoms with E-state index in [9.17, 15) is 4.79 Å². The number of aromatic nitrogens is 1. The van der Waals surface area contributed by atoms with Crippen LogP contribution in [-0.4, -0.2) is 54.7 Å². The lowest BCUT2D eigenvalue weighted by atomic mass is 9.92. The molecule has 3 atom stereocenters. The largest absolute Gasteiger partial charge is 0.364 e. The van der Waals surface area contributed by atoms with E-state index in [1.807, 2.05) is 18.2 Å². The minimum absolute atomic E-state index is 0.0305. The number of likely N-dealkylation sites (tertiary alicyclic amines) is 1. The summed E-state index contributed by atoms with van der Waals surface area (Å²) in [6.45, 7) is 2.67. The number of nitrogens with zero attached hydrogens (tertiary/aromatic N) is 2. The van der Waals surface area contributed by atoms with Crippen LogP contribution < -0.4 is 5.32 Å². The van der Waals surface area contributed by atoms with Crippen molar-refractivity contribution in [2.24, 2.45) is 5.92 Å². The summed E-state index contributed by atoms with van der Waals surface area (Å²) in [4.78, 5) is 18.7. The standard InChI is InChI=1S/C16H23N3O2/c1-19-9-6-12-10-14(21-15(12)11-19)16(20)18-8-5-13-4-2-3-7-17-13/h2-4,7,12,14-15H,5-6,8-11H2,1H3,(H,18,20)/t12-,14+,15+/m1/s1. The van der Waals surface area contributed by atoms with Crippen LogP contribution in [0.1, 0.15) is 18.5 Å². The average molecular weight is 289 g/mol. The Morgan fingerprint density at radius 2 is 2.43 bits per heavy atom. The van der Waals surface area contributed by atoms with Crippen molar-refractivity contribution in [2.75, 3.05) is 26.7 Å². The number of carbonyl (C=O) groups is 1. The highest BCUT2D eigenvalue weighted by Gasteiger charge is 2.40. The third-order valence-corrected chi connectivity index (χ3v) is 4.45. The van der Waals surface area contributed by atoms with Gasteiger partial charge in [-0.3, -0.25) is 9.78 Å². The lowest BCUT2D eigenvalue weighted by Crippen LogP contribution is -2.40. The molecule has 0 unspecified atom stereocenters. The molecule has 3 heterocycles. The molecule has 0 aliphatic carbocycles. The Balaban J connectivity index is 1.44. The van der Waals surface area contributed by atoms with Gasteiger partial charge in [0.15, 0.2) is 0 Å². The van der Waals surface area contributed by atoms with Crippen LogP contribution in [0, 0.1) is 5.92 Å². The van der Waals surface area contributed by atoms with Crippen molar-refractivity contribution in [1.82, 2.24) is 15.2 Å². The molecular formula is C16H23N3O2. The Bertz CT molecular complexity index is 480. The second-order valence-electron chi connectivity index (χ2n) is 6.07. The maximum atomic E-state index is 12.2. The highest BCUT2D eigenvalue weighted by Crippen LogP contribution is 2.32. The fraction of sp³-hybridized carbons (Fsp3) is 0.625. The highest BCUT2D eigenvalue weighted by atomic mass is 16.5. The number of rotatable bonds is 4. The quantitative estimate of drug-likeness (QED) is 0.893. The summed E-state index contributed by atoms with van der Waals surface area (Å²) < 4.78 is 5.93. The molecule has 2 fully saturated rings. The fourth-order valence-corrected chi connectivity index (χ4v) is 3.23. The average Bonchev–Trinajstić information content (AvgIpc) is 2.91. The lowest BCUT2D eigenvalue weighted by molar-refractivity contribution is -0.132. The molecule has 0 saturated carbocycles. The first-order valence-electron chi connectivity index (χ1n) is 7.74. The van der Waals surface area contributed by atoms with Crippen molar-refractivity contribution in [3.8, 4) is 0 Å². The van der Waals surface area contributed by atoms with Crippen LogP contribution in [0.15, 0.2) is 24.4 Å². The van der Waals surface area contributed by atoms with Gasteiger partial charge in [0.25, 0.3) is 0 Å². The molecule has 2 aliphatic rings. The molecule has 114 valence electrons. The predicted molar refractivity (Wildman–Crippen MR) is 79.8 cm³/mol. The molecule has 0 bridgehead atoms. The van der Waals surface area contributed by atoms with E-state index in [2.05, 4.69) is 22.2 Å². The van der Waals surface area contributed by atoms with E-state index in [4.69, 9.17) is 4.74 Å². The van der Waals surface area contributed by atoms with E-state index in [1.165, 1.54) is 0 Å². The topological polar surface area (TPSA) is 54.5 Å². The first kappa shape index (κ1) is 14.5. The van der Waals surface area contributed by atoms with Crippen molar-refractivity contribution in [3.63, 3.8) is 0 Å². The Hall–Kier alpha value is -1.46. The lowest BCUT2D eigenvalue weighted by Gasteiger charge is -2.30. The van der Waals surface area contributed by atoms with Crippen molar-refractivity contribution in [2.45, 2.75) is 31.5 Å². The number of ether oxygens (including phenoxy) is 1. The zero-order valence-electron chi connectivity index (χ0n) is 12.5. The molecule has 3 rings (SSSR count). The van der Waals surface area contributed by atoms with E-state index >= 15 is 0 Å². The van der Waals surface area contributed by atoms with Gasteiger partial charge in [-0.1, -0.05) is 6.07 Å². The molecule has 1 N–H and O–H groups in total. The first-order valence-corrected chi connectivity index (χ1v) is 7.74. The number of nitrogens with one attached hydrogen (secondary N) is 1. The zero-order chi connectivity index (χ0) is 14.7. The number of piperidine rings is 1. The summed E-state index contributed by atoms with van der Waals surface area (Å²) in [6, 6.07) is 5.83. The van der Waals surface area contributed by atoms with Crippen LogP contribution in [0.2, 0.25) is 0 Å². The van der Waals surface area contributed by atoms with Crippen LogP contribution in [0.3, 0.4) is 0 Å². The normalized spacial score (nSPS) is 29.1. The van der Waals surface area contributed by atoms with Crippen molar-refractivity contribution < 1.29 is 9.53 Å². The predicted octanol–water partition coefficient (Wildman–Crippen LogP) is 0.849. The maximum Gasteiger partial charge on any atom is 0.249 e. The number of amides is 1. The molecule has 2 saturated heterocycles. The van der Waals surface area contributed by atoms with E-state index in [-0.39, 0.29) is 18.1 Å². The Kier molecular flexibility index (Phi) is 4.51. The van der Waals surface area contributed by atoms with Gasteiger partial charge in [-0.25, -0.2) is 0 Å². The minimum Gasteiger partial charge on any atom is -0.364 e. The molecule has 1 aromatic rings. The maximum absolute atomic E-state index is 12.2. The first-order chi connectivity index (χ1) is 10.2. The summed E-state index contributed by atoms with van der Waals surface area (Å²) in [7, 11) is 2.11. The van der Waals surface area contributed by atoms with Gasteiger partial charge < -0.3 is 15.0 Å². The Morgan fingerprint density at radius 3 is 3.24 bits per heavy atom. The number of carbonyl (C=O) groups excluding carboxylic acids is 1. The Morgan fingerprint density at radius 1 is 1.52 bits per heavy atom. The summed E-state index contributed by atoms with van der Waals surface area (Å²) in [5, 5.41) is 2.98. The monoisotopic (exact) mass is 289 g/mol. The molecule has 5 nitrogen and oxygen atoms in total. The van der Waals surface area contributed by atoms with Gasteiger partial charge in [-0.05, 0) is 44.5 Å². The van der Waals surface area contributed by atoms with E-state index < -0.39 is 0 Å². The SMILES string of the molecule is CN1CC[C@@H]2C[C@@H](C(=O)NCCc3ccccn3)O[C@H]2C1.